The summed E-state index contributed by atoms with van der Waals surface area (Å²) in [5.74, 6) is 1.98. The first-order valence-corrected chi connectivity index (χ1v) is 10.4. The maximum atomic E-state index is 9.99. The number of rotatable bonds is 5. The molecule has 2 N–H and O–H groups in total. The Morgan fingerprint density at radius 2 is 2.00 bits per heavy atom. The molecule has 4 aromatic rings. The molecule has 0 saturated carbocycles. The van der Waals surface area contributed by atoms with Crippen molar-refractivity contribution in [1.82, 2.24) is 30.0 Å². The van der Waals surface area contributed by atoms with Gasteiger partial charge in [0.1, 0.15) is 17.0 Å². The van der Waals surface area contributed by atoms with E-state index in [1.807, 2.05) is 35.0 Å². The molecule has 5 rings (SSSR count). The molecule has 0 atom stereocenters. The number of hydrogen-bond acceptors (Lipinski definition) is 8. The Morgan fingerprint density at radius 1 is 1.12 bits per heavy atom. The lowest BCUT2D eigenvalue weighted by molar-refractivity contribution is 0.374. The minimum atomic E-state index is -0.595. The van der Waals surface area contributed by atoms with Crippen LogP contribution in [0.5, 0.6) is 5.75 Å². The number of nitriles is 1. The molecule has 3 aromatic heterocycles. The average molecular weight is 426 g/mol. The van der Waals surface area contributed by atoms with Crippen LogP contribution in [0.3, 0.4) is 0 Å². The maximum Gasteiger partial charge on any atom is 0.162 e. The highest BCUT2D eigenvalue weighted by Gasteiger charge is 2.35. The zero-order valence-corrected chi connectivity index (χ0v) is 17.6. The SMILES string of the molecule is COc1ccc2c(Nc3cnccn3)nn(-c3ccnc(C4(C#N)CCNCC4)c3)c2c1. The quantitative estimate of drug-likeness (QED) is 0.500. The van der Waals surface area contributed by atoms with Crippen LogP contribution < -0.4 is 15.4 Å². The van der Waals surface area contributed by atoms with Gasteiger partial charge in [0.05, 0.1) is 36.3 Å². The van der Waals surface area contributed by atoms with Gasteiger partial charge in [0.2, 0.25) is 0 Å². The molecule has 1 aliphatic rings. The topological polar surface area (TPSA) is 114 Å². The second-order valence-electron chi connectivity index (χ2n) is 7.70. The van der Waals surface area contributed by atoms with Crippen molar-refractivity contribution in [2.24, 2.45) is 0 Å². The molecule has 0 radical (unpaired) electrons. The molecule has 0 amide bonds. The lowest BCUT2D eigenvalue weighted by atomic mass is 9.77. The normalized spacial score (nSPS) is 15.2. The maximum absolute atomic E-state index is 9.99. The van der Waals surface area contributed by atoms with Crippen molar-refractivity contribution in [1.29, 1.82) is 5.26 Å². The van der Waals surface area contributed by atoms with Crippen molar-refractivity contribution in [2.75, 3.05) is 25.5 Å². The molecule has 1 fully saturated rings. The Balaban J connectivity index is 1.63. The number of anilines is 2. The minimum Gasteiger partial charge on any atom is -0.497 e. The molecule has 9 heteroatoms. The number of benzene rings is 1. The van der Waals surface area contributed by atoms with Crippen LogP contribution in [0.4, 0.5) is 11.6 Å². The van der Waals surface area contributed by atoms with Crippen LogP contribution in [0.2, 0.25) is 0 Å². The highest BCUT2D eigenvalue weighted by molar-refractivity contribution is 5.93. The van der Waals surface area contributed by atoms with Crippen LogP contribution in [-0.2, 0) is 5.41 Å². The van der Waals surface area contributed by atoms with Crippen LogP contribution in [0.15, 0.2) is 55.1 Å². The fourth-order valence-corrected chi connectivity index (χ4v) is 4.09. The summed E-state index contributed by atoms with van der Waals surface area (Å²) in [6, 6.07) is 12.2. The first-order chi connectivity index (χ1) is 15.7. The number of nitrogens with one attached hydrogen (secondary N) is 2. The summed E-state index contributed by atoms with van der Waals surface area (Å²) in [7, 11) is 1.64. The average Bonchev–Trinajstić information content (AvgIpc) is 3.22. The van der Waals surface area contributed by atoms with Gasteiger partial charge in [-0.15, -0.1) is 5.10 Å². The van der Waals surface area contributed by atoms with Gasteiger partial charge in [-0.3, -0.25) is 9.97 Å². The molecular formula is C23H22N8O. The molecule has 9 nitrogen and oxygen atoms in total. The van der Waals surface area contributed by atoms with Gasteiger partial charge in [0, 0.05) is 30.0 Å². The van der Waals surface area contributed by atoms with Gasteiger partial charge in [-0.2, -0.15) is 5.26 Å². The van der Waals surface area contributed by atoms with E-state index in [1.54, 1.807) is 31.9 Å². The summed E-state index contributed by atoms with van der Waals surface area (Å²) in [4.78, 5) is 13.0. The van der Waals surface area contributed by atoms with Crippen LogP contribution in [0.25, 0.3) is 16.6 Å². The Labute approximate surface area is 185 Å². The van der Waals surface area contributed by atoms with Gasteiger partial charge in [0.15, 0.2) is 5.82 Å². The standard InChI is InChI=1S/C23H22N8O/c1-32-17-2-3-18-19(13-17)31(30-22(18)29-21-14-26-10-11-28-21)16-4-7-27-20(12-16)23(15-24)5-8-25-9-6-23/h2-4,7,10-14,25H,5-6,8-9H2,1H3,(H,28,29,30). The number of methoxy groups -OCH3 is 1. The zero-order chi connectivity index (χ0) is 22.0. The van der Waals surface area contributed by atoms with Gasteiger partial charge < -0.3 is 15.4 Å². The molecule has 0 unspecified atom stereocenters. The number of nitrogens with zero attached hydrogens (tertiary/aromatic N) is 6. The number of aromatic nitrogens is 5. The van der Waals surface area contributed by atoms with E-state index in [-0.39, 0.29) is 0 Å². The van der Waals surface area contributed by atoms with Crippen LogP contribution in [-0.4, -0.2) is 44.9 Å². The predicted octanol–water partition coefficient (Wildman–Crippen LogP) is 3.11. The van der Waals surface area contributed by atoms with Crippen molar-refractivity contribution in [3.8, 4) is 17.5 Å². The fraction of sp³-hybridized carbons (Fsp3) is 0.261. The molecule has 1 saturated heterocycles. The van der Waals surface area contributed by atoms with E-state index in [0.717, 1.165) is 54.0 Å². The molecule has 1 aromatic carbocycles. The minimum absolute atomic E-state index is 0.595. The lowest BCUT2D eigenvalue weighted by Crippen LogP contribution is -2.39. The highest BCUT2D eigenvalue weighted by atomic mass is 16.5. The summed E-state index contributed by atoms with van der Waals surface area (Å²) in [5.41, 5.74) is 1.87. The summed E-state index contributed by atoms with van der Waals surface area (Å²) in [6.45, 7) is 1.60. The molecule has 0 spiro atoms. The zero-order valence-electron chi connectivity index (χ0n) is 17.6. The highest BCUT2D eigenvalue weighted by Crippen LogP contribution is 2.34. The van der Waals surface area contributed by atoms with E-state index >= 15 is 0 Å². The van der Waals surface area contributed by atoms with Crippen LogP contribution >= 0.6 is 0 Å². The summed E-state index contributed by atoms with van der Waals surface area (Å²) >= 11 is 0. The molecule has 160 valence electrons. The number of ether oxygens (including phenoxy) is 1. The number of pyridine rings is 1. The van der Waals surface area contributed by atoms with Gasteiger partial charge >= 0.3 is 0 Å². The van der Waals surface area contributed by atoms with Gasteiger partial charge in [-0.05, 0) is 50.2 Å². The number of hydrogen-bond donors (Lipinski definition) is 2. The monoisotopic (exact) mass is 426 g/mol. The second-order valence-corrected chi connectivity index (χ2v) is 7.70. The van der Waals surface area contributed by atoms with Crippen molar-refractivity contribution < 1.29 is 4.74 Å². The molecule has 1 aliphatic heterocycles. The molecule has 32 heavy (non-hydrogen) atoms. The largest absolute Gasteiger partial charge is 0.497 e. The van der Waals surface area contributed by atoms with Crippen molar-refractivity contribution in [3.05, 3.63) is 60.8 Å². The van der Waals surface area contributed by atoms with E-state index in [9.17, 15) is 5.26 Å². The van der Waals surface area contributed by atoms with E-state index in [2.05, 4.69) is 31.7 Å². The van der Waals surface area contributed by atoms with E-state index in [0.29, 0.717) is 11.6 Å². The van der Waals surface area contributed by atoms with Crippen LogP contribution in [0, 0.1) is 11.3 Å². The Hall–Kier alpha value is -4.03. The summed E-state index contributed by atoms with van der Waals surface area (Å²) in [6.07, 6.45) is 8.10. The second kappa shape index (κ2) is 8.24. The number of fused-ring (bicyclic) bond motifs is 1. The van der Waals surface area contributed by atoms with Gasteiger partial charge in [-0.1, -0.05) is 0 Å². The third kappa shape index (κ3) is 3.50. The third-order valence-electron chi connectivity index (χ3n) is 5.85. The Bertz CT molecular complexity index is 1290. The smallest absolute Gasteiger partial charge is 0.162 e. The van der Waals surface area contributed by atoms with Crippen molar-refractivity contribution >= 4 is 22.5 Å². The van der Waals surface area contributed by atoms with E-state index < -0.39 is 5.41 Å². The molecule has 0 aliphatic carbocycles. The first kappa shape index (κ1) is 19.9. The third-order valence-corrected chi connectivity index (χ3v) is 5.85. The number of piperidine rings is 1. The van der Waals surface area contributed by atoms with E-state index in [1.165, 1.54) is 0 Å². The van der Waals surface area contributed by atoms with E-state index in [4.69, 9.17) is 9.84 Å². The lowest BCUT2D eigenvalue weighted by Gasteiger charge is -2.30. The summed E-state index contributed by atoms with van der Waals surface area (Å²) < 4.78 is 7.29. The van der Waals surface area contributed by atoms with Crippen molar-refractivity contribution in [2.45, 2.75) is 18.3 Å². The molecule has 4 heterocycles. The molecular weight excluding hydrogens is 404 g/mol. The summed E-state index contributed by atoms with van der Waals surface area (Å²) in [5, 5.41) is 22.3. The Morgan fingerprint density at radius 3 is 2.75 bits per heavy atom. The first-order valence-electron chi connectivity index (χ1n) is 10.4. The Kier molecular flexibility index (Phi) is 5.13. The fourth-order valence-electron chi connectivity index (χ4n) is 4.09. The van der Waals surface area contributed by atoms with Crippen molar-refractivity contribution in [3.63, 3.8) is 0 Å². The predicted molar refractivity (Wildman–Crippen MR) is 120 cm³/mol. The van der Waals surface area contributed by atoms with Gasteiger partial charge in [0.25, 0.3) is 0 Å². The molecule has 0 bridgehead atoms. The van der Waals surface area contributed by atoms with Gasteiger partial charge in [-0.25, -0.2) is 9.67 Å². The van der Waals surface area contributed by atoms with Crippen LogP contribution in [0.1, 0.15) is 18.5 Å².